The molecule has 0 radical (unpaired) electrons. The quantitative estimate of drug-likeness (QED) is 0.693. The lowest BCUT2D eigenvalue weighted by Gasteiger charge is -2.18. The SMILES string of the molecule is CN.O=C1COc2ncc(N3CCOC3=O)nc2N1. The lowest BCUT2D eigenvalue weighted by Crippen LogP contribution is -2.29. The van der Waals surface area contributed by atoms with Crippen molar-refractivity contribution in [3.8, 4) is 5.88 Å². The molecule has 0 aliphatic carbocycles. The van der Waals surface area contributed by atoms with Gasteiger partial charge in [0.1, 0.15) is 6.61 Å². The molecule has 2 aliphatic rings. The molecule has 2 aliphatic heterocycles. The number of amides is 2. The fourth-order valence-corrected chi connectivity index (χ4v) is 1.59. The van der Waals surface area contributed by atoms with Gasteiger partial charge in [-0.1, -0.05) is 0 Å². The van der Waals surface area contributed by atoms with Crippen LogP contribution in [0.4, 0.5) is 16.4 Å². The second kappa shape index (κ2) is 5.48. The van der Waals surface area contributed by atoms with Crippen LogP contribution in [0.5, 0.6) is 5.88 Å². The summed E-state index contributed by atoms with van der Waals surface area (Å²) in [6.07, 6.45) is 0.936. The molecule has 0 aromatic carbocycles. The molecule has 0 unspecified atom stereocenters. The lowest BCUT2D eigenvalue weighted by atomic mass is 10.4. The third-order valence-electron chi connectivity index (χ3n) is 2.36. The monoisotopic (exact) mass is 267 g/mol. The maximum atomic E-state index is 11.3. The van der Waals surface area contributed by atoms with Crippen LogP contribution in [0.1, 0.15) is 0 Å². The van der Waals surface area contributed by atoms with Gasteiger partial charge in [0.15, 0.2) is 18.2 Å². The molecule has 1 saturated heterocycles. The van der Waals surface area contributed by atoms with E-state index in [-0.39, 0.29) is 24.2 Å². The van der Waals surface area contributed by atoms with E-state index >= 15 is 0 Å². The number of hydrogen-bond donors (Lipinski definition) is 2. The van der Waals surface area contributed by atoms with Crippen molar-refractivity contribution < 1.29 is 19.1 Å². The fourth-order valence-electron chi connectivity index (χ4n) is 1.59. The summed E-state index contributed by atoms with van der Waals surface area (Å²) < 4.78 is 9.85. The molecule has 2 amide bonds. The number of aromatic nitrogens is 2. The van der Waals surface area contributed by atoms with Crippen LogP contribution >= 0.6 is 0 Å². The number of nitrogens with zero attached hydrogens (tertiary/aromatic N) is 3. The Balaban J connectivity index is 0.000000637. The Kier molecular flexibility index (Phi) is 3.76. The van der Waals surface area contributed by atoms with E-state index in [0.29, 0.717) is 19.0 Å². The minimum atomic E-state index is -0.470. The van der Waals surface area contributed by atoms with Crippen molar-refractivity contribution in [1.29, 1.82) is 0 Å². The number of nitrogens with one attached hydrogen (secondary N) is 1. The minimum absolute atomic E-state index is 0.0766. The first-order valence-corrected chi connectivity index (χ1v) is 5.56. The van der Waals surface area contributed by atoms with Crippen molar-refractivity contribution in [1.82, 2.24) is 9.97 Å². The number of anilines is 2. The molecular weight excluding hydrogens is 254 g/mol. The number of carbonyl (C=O) groups excluding carboxylic acids is 2. The van der Waals surface area contributed by atoms with E-state index in [4.69, 9.17) is 9.47 Å². The average Bonchev–Trinajstić information content (AvgIpc) is 2.86. The van der Waals surface area contributed by atoms with E-state index in [1.165, 1.54) is 18.1 Å². The van der Waals surface area contributed by atoms with Gasteiger partial charge in [-0.2, -0.15) is 0 Å². The number of nitrogens with two attached hydrogens (primary N) is 1. The van der Waals surface area contributed by atoms with Gasteiger partial charge in [0.05, 0.1) is 12.7 Å². The van der Waals surface area contributed by atoms with Crippen LogP contribution in [0.3, 0.4) is 0 Å². The number of rotatable bonds is 1. The molecule has 1 aromatic heterocycles. The summed E-state index contributed by atoms with van der Waals surface area (Å²) in [6.45, 7) is 0.661. The van der Waals surface area contributed by atoms with Crippen molar-refractivity contribution in [3.63, 3.8) is 0 Å². The van der Waals surface area contributed by atoms with Crippen molar-refractivity contribution in [2.75, 3.05) is 37.0 Å². The van der Waals surface area contributed by atoms with Crippen LogP contribution < -0.4 is 20.7 Å². The van der Waals surface area contributed by atoms with Crippen LogP contribution in [0, 0.1) is 0 Å². The fraction of sp³-hybridized carbons (Fsp3) is 0.400. The molecule has 0 spiro atoms. The van der Waals surface area contributed by atoms with Gasteiger partial charge in [-0.25, -0.2) is 14.8 Å². The molecule has 102 valence electrons. The van der Waals surface area contributed by atoms with Crippen molar-refractivity contribution in [2.45, 2.75) is 0 Å². The highest BCUT2D eigenvalue weighted by Crippen LogP contribution is 2.26. The molecule has 3 N–H and O–H groups in total. The maximum Gasteiger partial charge on any atom is 0.415 e. The predicted molar refractivity (Wildman–Crippen MR) is 65.0 cm³/mol. The van der Waals surface area contributed by atoms with Gasteiger partial charge in [-0.3, -0.25) is 9.69 Å². The molecule has 0 atom stereocenters. The number of hydrogen-bond acceptors (Lipinski definition) is 7. The first-order valence-electron chi connectivity index (χ1n) is 5.56. The molecule has 9 nitrogen and oxygen atoms in total. The van der Waals surface area contributed by atoms with Crippen LogP contribution in [0.2, 0.25) is 0 Å². The van der Waals surface area contributed by atoms with E-state index in [0.717, 1.165) is 0 Å². The van der Waals surface area contributed by atoms with E-state index in [1.807, 2.05) is 0 Å². The zero-order valence-corrected chi connectivity index (χ0v) is 10.3. The largest absolute Gasteiger partial charge is 0.465 e. The van der Waals surface area contributed by atoms with Crippen molar-refractivity contribution >= 4 is 23.6 Å². The molecule has 19 heavy (non-hydrogen) atoms. The highest BCUT2D eigenvalue weighted by Gasteiger charge is 2.27. The molecule has 3 heterocycles. The Labute approximate surface area is 108 Å². The first-order chi connectivity index (χ1) is 9.24. The summed E-state index contributed by atoms with van der Waals surface area (Å²) in [5.74, 6) is 0.504. The van der Waals surface area contributed by atoms with Gasteiger partial charge in [0.25, 0.3) is 11.8 Å². The summed E-state index contributed by atoms with van der Waals surface area (Å²) in [5.41, 5.74) is 4.50. The third-order valence-corrected chi connectivity index (χ3v) is 2.36. The Morgan fingerprint density at radius 3 is 2.84 bits per heavy atom. The highest BCUT2D eigenvalue weighted by atomic mass is 16.6. The summed E-state index contributed by atoms with van der Waals surface area (Å²) >= 11 is 0. The zero-order chi connectivity index (χ0) is 13.8. The van der Waals surface area contributed by atoms with Gasteiger partial charge in [0, 0.05) is 0 Å². The summed E-state index contributed by atoms with van der Waals surface area (Å²) in [6, 6.07) is 0. The number of ether oxygens (including phenoxy) is 2. The molecule has 0 bridgehead atoms. The molecule has 1 aromatic rings. The smallest absolute Gasteiger partial charge is 0.415 e. The van der Waals surface area contributed by atoms with Gasteiger partial charge >= 0.3 is 6.09 Å². The Hall–Kier alpha value is -2.42. The molecule has 0 saturated carbocycles. The standard InChI is InChI=1S/C9H8N4O4.CH5N/c14-6-4-17-8-7(12-6)11-5(3-10-8)13-1-2-16-9(13)15;1-2/h3H,1-2,4H2,(H,11,12,14);2H2,1H3. The number of fused-ring (bicyclic) bond motifs is 1. The second-order valence-corrected chi connectivity index (χ2v) is 3.48. The van der Waals surface area contributed by atoms with Crippen molar-refractivity contribution in [2.24, 2.45) is 5.73 Å². The summed E-state index contributed by atoms with van der Waals surface area (Å²) in [4.78, 5) is 31.9. The minimum Gasteiger partial charge on any atom is -0.465 e. The van der Waals surface area contributed by atoms with Gasteiger partial charge in [-0.05, 0) is 7.05 Å². The molecule has 9 heteroatoms. The Bertz CT molecular complexity index is 507. The van der Waals surface area contributed by atoms with Gasteiger partial charge < -0.3 is 20.5 Å². The zero-order valence-electron chi connectivity index (χ0n) is 10.3. The first kappa shape index (κ1) is 13.0. The van der Waals surface area contributed by atoms with E-state index in [2.05, 4.69) is 21.0 Å². The predicted octanol–water partition coefficient (Wildman–Crippen LogP) is -0.661. The van der Waals surface area contributed by atoms with Crippen LogP contribution in [-0.4, -0.2) is 48.8 Å². The van der Waals surface area contributed by atoms with Crippen molar-refractivity contribution in [3.05, 3.63) is 6.20 Å². The van der Waals surface area contributed by atoms with Gasteiger partial charge in [-0.15, -0.1) is 0 Å². The topological polar surface area (TPSA) is 120 Å². The third kappa shape index (κ3) is 2.55. The van der Waals surface area contributed by atoms with Crippen LogP contribution in [0.15, 0.2) is 6.20 Å². The highest BCUT2D eigenvalue weighted by molar-refractivity contribution is 5.94. The number of carbonyl (C=O) groups is 2. The van der Waals surface area contributed by atoms with E-state index in [1.54, 1.807) is 0 Å². The average molecular weight is 267 g/mol. The summed E-state index contributed by atoms with van der Waals surface area (Å²) in [7, 11) is 1.50. The molecule has 3 rings (SSSR count). The van der Waals surface area contributed by atoms with Crippen LogP contribution in [-0.2, 0) is 9.53 Å². The second-order valence-electron chi connectivity index (χ2n) is 3.48. The summed E-state index contributed by atoms with van der Waals surface area (Å²) in [5, 5.41) is 2.52. The Morgan fingerprint density at radius 1 is 1.37 bits per heavy atom. The maximum absolute atomic E-state index is 11.3. The van der Waals surface area contributed by atoms with Gasteiger partial charge in [0.2, 0.25) is 0 Å². The Morgan fingerprint density at radius 2 is 2.16 bits per heavy atom. The number of cyclic esters (lactones) is 1. The normalized spacial score (nSPS) is 16.6. The lowest BCUT2D eigenvalue weighted by molar-refractivity contribution is -0.118. The van der Waals surface area contributed by atoms with Crippen LogP contribution in [0.25, 0.3) is 0 Å². The molecular formula is C10H13N5O4. The van der Waals surface area contributed by atoms with E-state index < -0.39 is 6.09 Å². The van der Waals surface area contributed by atoms with E-state index in [9.17, 15) is 9.59 Å². The molecule has 1 fully saturated rings.